The van der Waals surface area contributed by atoms with Crippen LogP contribution in [0.2, 0.25) is 0 Å². The molecule has 1 atom stereocenters. The number of methoxy groups -OCH3 is 1. The van der Waals surface area contributed by atoms with Crippen molar-refractivity contribution in [2.24, 2.45) is 0 Å². The lowest BCUT2D eigenvalue weighted by atomic mass is 9.95. The zero-order chi connectivity index (χ0) is 14.3. The Labute approximate surface area is 116 Å². The van der Waals surface area contributed by atoms with E-state index in [2.05, 4.69) is 17.3 Å². The summed E-state index contributed by atoms with van der Waals surface area (Å²) in [5.41, 5.74) is -0.578. The van der Waals surface area contributed by atoms with Gasteiger partial charge in [-0.25, -0.2) is 0 Å². The Morgan fingerprint density at radius 3 is 2.63 bits per heavy atom. The van der Waals surface area contributed by atoms with Crippen molar-refractivity contribution in [1.82, 2.24) is 10.2 Å². The maximum atomic E-state index is 11.7. The van der Waals surface area contributed by atoms with Crippen molar-refractivity contribution >= 4 is 5.97 Å². The van der Waals surface area contributed by atoms with Gasteiger partial charge in [0.25, 0.3) is 0 Å². The second-order valence-electron chi connectivity index (χ2n) is 5.50. The van der Waals surface area contributed by atoms with Gasteiger partial charge in [-0.3, -0.25) is 4.79 Å². The number of nitrogens with zero attached hydrogens (tertiary/aromatic N) is 1. The summed E-state index contributed by atoms with van der Waals surface area (Å²) in [6.07, 6.45) is 3.97. The number of rotatable bonds is 7. The third-order valence-electron chi connectivity index (χ3n) is 4.19. The van der Waals surface area contributed by atoms with Gasteiger partial charge >= 0.3 is 5.97 Å². The third kappa shape index (κ3) is 4.75. The highest BCUT2D eigenvalue weighted by Gasteiger charge is 2.32. The summed E-state index contributed by atoms with van der Waals surface area (Å²) in [5.74, 6) is -0.191. The van der Waals surface area contributed by atoms with Crippen LogP contribution in [-0.2, 0) is 14.3 Å². The van der Waals surface area contributed by atoms with Crippen molar-refractivity contribution in [3.05, 3.63) is 0 Å². The molecule has 1 N–H and O–H groups in total. The molecule has 0 bridgehead atoms. The SMILES string of the molecule is CNC(C)(CCCN(C)C1CCOCC1)C(=O)OC. The lowest BCUT2D eigenvalue weighted by Crippen LogP contribution is -2.48. The molecule has 1 rings (SSSR count). The molecule has 5 nitrogen and oxygen atoms in total. The Morgan fingerprint density at radius 1 is 1.47 bits per heavy atom. The Bertz CT molecular complexity index is 280. The Kier molecular flexibility index (Phi) is 6.75. The van der Waals surface area contributed by atoms with Crippen LogP contribution in [-0.4, -0.2) is 63.4 Å². The molecule has 0 aliphatic carbocycles. The molecule has 0 radical (unpaired) electrons. The molecule has 1 aliphatic rings. The van der Waals surface area contributed by atoms with E-state index in [0.29, 0.717) is 6.04 Å². The van der Waals surface area contributed by atoms with Gasteiger partial charge in [-0.05, 0) is 53.2 Å². The minimum atomic E-state index is -0.578. The van der Waals surface area contributed by atoms with E-state index in [4.69, 9.17) is 9.47 Å². The van der Waals surface area contributed by atoms with Crippen LogP contribution in [0.1, 0.15) is 32.6 Å². The third-order valence-corrected chi connectivity index (χ3v) is 4.19. The van der Waals surface area contributed by atoms with Gasteiger partial charge in [-0.15, -0.1) is 0 Å². The number of ether oxygens (including phenoxy) is 2. The van der Waals surface area contributed by atoms with Gasteiger partial charge in [0, 0.05) is 19.3 Å². The van der Waals surface area contributed by atoms with Crippen LogP contribution in [0.25, 0.3) is 0 Å². The number of hydrogen-bond donors (Lipinski definition) is 1. The molecule has 5 heteroatoms. The predicted octanol–water partition coefficient (Wildman–Crippen LogP) is 1.03. The monoisotopic (exact) mass is 272 g/mol. The van der Waals surface area contributed by atoms with Gasteiger partial charge in [-0.2, -0.15) is 0 Å². The van der Waals surface area contributed by atoms with E-state index in [0.717, 1.165) is 45.4 Å². The van der Waals surface area contributed by atoms with E-state index >= 15 is 0 Å². The van der Waals surface area contributed by atoms with Crippen molar-refractivity contribution in [1.29, 1.82) is 0 Å². The van der Waals surface area contributed by atoms with Gasteiger partial charge in [0.1, 0.15) is 5.54 Å². The van der Waals surface area contributed by atoms with Gasteiger partial charge < -0.3 is 19.7 Å². The van der Waals surface area contributed by atoms with Crippen LogP contribution in [0.3, 0.4) is 0 Å². The van der Waals surface area contributed by atoms with Crippen LogP contribution in [0.15, 0.2) is 0 Å². The smallest absolute Gasteiger partial charge is 0.325 e. The molecular formula is C14H28N2O3. The molecule has 0 aromatic carbocycles. The first-order valence-corrected chi connectivity index (χ1v) is 7.09. The van der Waals surface area contributed by atoms with Gasteiger partial charge in [0.15, 0.2) is 0 Å². The van der Waals surface area contributed by atoms with E-state index in [9.17, 15) is 4.79 Å². The molecule has 0 amide bonds. The summed E-state index contributed by atoms with van der Waals surface area (Å²) in [7, 11) is 5.40. The van der Waals surface area contributed by atoms with E-state index in [1.165, 1.54) is 7.11 Å². The Morgan fingerprint density at radius 2 is 2.11 bits per heavy atom. The van der Waals surface area contributed by atoms with E-state index in [1.54, 1.807) is 7.05 Å². The quantitative estimate of drug-likeness (QED) is 0.702. The maximum absolute atomic E-state index is 11.7. The summed E-state index contributed by atoms with van der Waals surface area (Å²) in [6, 6.07) is 0.618. The standard InChI is InChI=1S/C14H28N2O3/c1-14(15-2,13(17)18-4)8-5-9-16(3)12-6-10-19-11-7-12/h12,15H,5-11H2,1-4H3. The molecule has 0 saturated carbocycles. The molecule has 0 aromatic rings. The molecule has 1 heterocycles. The molecule has 19 heavy (non-hydrogen) atoms. The van der Waals surface area contributed by atoms with Gasteiger partial charge in [0.05, 0.1) is 7.11 Å². The topological polar surface area (TPSA) is 50.8 Å². The summed E-state index contributed by atoms with van der Waals surface area (Å²) in [6.45, 7) is 4.63. The second-order valence-corrected chi connectivity index (χ2v) is 5.50. The van der Waals surface area contributed by atoms with Crippen molar-refractivity contribution < 1.29 is 14.3 Å². The molecule has 1 fully saturated rings. The number of carbonyl (C=O) groups is 1. The summed E-state index contributed by atoms with van der Waals surface area (Å²) in [4.78, 5) is 14.1. The first kappa shape index (κ1) is 16.4. The Hall–Kier alpha value is -0.650. The maximum Gasteiger partial charge on any atom is 0.325 e. The van der Waals surface area contributed by atoms with Crippen LogP contribution < -0.4 is 5.32 Å². The summed E-state index contributed by atoms with van der Waals surface area (Å²) in [5, 5.41) is 3.07. The van der Waals surface area contributed by atoms with Crippen molar-refractivity contribution in [2.75, 3.05) is 41.0 Å². The van der Waals surface area contributed by atoms with Crippen LogP contribution in [0, 0.1) is 0 Å². The zero-order valence-electron chi connectivity index (χ0n) is 12.7. The lowest BCUT2D eigenvalue weighted by Gasteiger charge is -2.32. The minimum absolute atomic E-state index is 0.191. The molecule has 1 unspecified atom stereocenters. The van der Waals surface area contributed by atoms with E-state index in [1.807, 2.05) is 6.92 Å². The zero-order valence-corrected chi connectivity index (χ0v) is 12.7. The molecular weight excluding hydrogens is 244 g/mol. The van der Waals surface area contributed by atoms with Gasteiger partial charge in [0.2, 0.25) is 0 Å². The molecule has 1 aliphatic heterocycles. The minimum Gasteiger partial charge on any atom is -0.468 e. The van der Waals surface area contributed by atoms with Crippen LogP contribution >= 0.6 is 0 Å². The lowest BCUT2D eigenvalue weighted by molar-refractivity contribution is -0.148. The highest BCUT2D eigenvalue weighted by Crippen LogP contribution is 2.17. The first-order chi connectivity index (χ1) is 9.03. The number of likely N-dealkylation sites (N-methyl/N-ethyl adjacent to an activating group) is 1. The fourth-order valence-corrected chi connectivity index (χ4v) is 2.54. The Balaban J connectivity index is 2.33. The van der Waals surface area contributed by atoms with Crippen LogP contribution in [0.5, 0.6) is 0 Å². The van der Waals surface area contributed by atoms with E-state index in [-0.39, 0.29) is 5.97 Å². The number of nitrogens with one attached hydrogen (secondary N) is 1. The molecule has 0 aromatic heterocycles. The summed E-state index contributed by atoms with van der Waals surface area (Å²) < 4.78 is 10.2. The molecule has 112 valence electrons. The highest BCUT2D eigenvalue weighted by molar-refractivity contribution is 5.80. The van der Waals surface area contributed by atoms with Crippen molar-refractivity contribution in [2.45, 2.75) is 44.2 Å². The van der Waals surface area contributed by atoms with Gasteiger partial charge in [-0.1, -0.05) is 0 Å². The number of carbonyl (C=O) groups excluding carboxylic acids is 1. The molecule has 1 saturated heterocycles. The highest BCUT2D eigenvalue weighted by atomic mass is 16.5. The second kappa shape index (κ2) is 7.82. The van der Waals surface area contributed by atoms with E-state index < -0.39 is 5.54 Å². The van der Waals surface area contributed by atoms with Crippen LogP contribution in [0.4, 0.5) is 0 Å². The fraction of sp³-hybridized carbons (Fsp3) is 0.929. The van der Waals surface area contributed by atoms with Crippen molar-refractivity contribution in [3.8, 4) is 0 Å². The average molecular weight is 272 g/mol. The average Bonchev–Trinajstić information content (AvgIpc) is 2.46. The first-order valence-electron chi connectivity index (χ1n) is 7.09. The molecule has 0 spiro atoms. The van der Waals surface area contributed by atoms with Crippen molar-refractivity contribution in [3.63, 3.8) is 0 Å². The number of esters is 1. The largest absolute Gasteiger partial charge is 0.468 e. The normalized spacial score (nSPS) is 20.3. The number of hydrogen-bond acceptors (Lipinski definition) is 5. The predicted molar refractivity (Wildman–Crippen MR) is 75.2 cm³/mol. The summed E-state index contributed by atoms with van der Waals surface area (Å²) >= 11 is 0. The fourth-order valence-electron chi connectivity index (χ4n) is 2.54.